The van der Waals surface area contributed by atoms with Crippen molar-refractivity contribution in [2.75, 3.05) is 0 Å². The third kappa shape index (κ3) is 5.82. The van der Waals surface area contributed by atoms with Gasteiger partial charge in [0.15, 0.2) is 0 Å². The summed E-state index contributed by atoms with van der Waals surface area (Å²) in [5.74, 6) is -0.579. The van der Waals surface area contributed by atoms with E-state index in [0.29, 0.717) is 0 Å². The number of benzene rings is 1. The standard InChI is InChI=1S/C11H11F6NO/c12-10(13,14)6-5-8(18)7-3-1-2-4-9(7)19-11(15,16)17/h1-4,8H,5-6,18H2/t8-/m1/s1. The number of hydrogen-bond acceptors (Lipinski definition) is 2. The fourth-order valence-electron chi connectivity index (χ4n) is 1.48. The summed E-state index contributed by atoms with van der Waals surface area (Å²) in [5.41, 5.74) is 5.37. The van der Waals surface area contributed by atoms with Crippen LogP contribution in [-0.2, 0) is 0 Å². The summed E-state index contributed by atoms with van der Waals surface area (Å²) in [7, 11) is 0. The van der Waals surface area contributed by atoms with Gasteiger partial charge in [0.05, 0.1) is 0 Å². The van der Waals surface area contributed by atoms with E-state index < -0.39 is 37.2 Å². The first kappa shape index (κ1) is 15.6. The molecule has 0 bridgehead atoms. The minimum absolute atomic E-state index is 0.107. The predicted octanol–water partition coefficient (Wildman–Crippen LogP) is 3.93. The normalized spacial score (nSPS) is 14.3. The van der Waals surface area contributed by atoms with Crippen molar-refractivity contribution in [3.8, 4) is 5.75 Å². The van der Waals surface area contributed by atoms with E-state index in [9.17, 15) is 26.3 Å². The van der Waals surface area contributed by atoms with Crippen LogP contribution in [0.25, 0.3) is 0 Å². The highest BCUT2D eigenvalue weighted by molar-refractivity contribution is 5.35. The molecule has 2 nitrogen and oxygen atoms in total. The quantitative estimate of drug-likeness (QED) is 0.852. The second kappa shape index (κ2) is 5.68. The third-order valence-electron chi connectivity index (χ3n) is 2.28. The highest BCUT2D eigenvalue weighted by Gasteiger charge is 2.33. The highest BCUT2D eigenvalue weighted by Crippen LogP contribution is 2.33. The summed E-state index contributed by atoms with van der Waals surface area (Å²) >= 11 is 0. The Bertz CT molecular complexity index is 414. The second-order valence-electron chi connectivity index (χ2n) is 3.85. The van der Waals surface area contributed by atoms with Crippen LogP contribution < -0.4 is 10.5 Å². The molecule has 0 saturated heterocycles. The maximum absolute atomic E-state index is 12.1. The largest absolute Gasteiger partial charge is 0.573 e. The molecule has 0 saturated carbocycles. The van der Waals surface area contributed by atoms with Crippen LogP contribution in [-0.4, -0.2) is 12.5 Å². The summed E-state index contributed by atoms with van der Waals surface area (Å²) in [6.07, 6.45) is -11.0. The minimum Gasteiger partial charge on any atom is -0.405 e. The molecule has 0 fully saturated rings. The van der Waals surface area contributed by atoms with Gasteiger partial charge in [-0.15, -0.1) is 13.2 Å². The van der Waals surface area contributed by atoms with Gasteiger partial charge >= 0.3 is 12.5 Å². The molecule has 1 aromatic carbocycles. The van der Waals surface area contributed by atoms with Crippen molar-refractivity contribution >= 4 is 0 Å². The van der Waals surface area contributed by atoms with Crippen molar-refractivity contribution < 1.29 is 31.1 Å². The van der Waals surface area contributed by atoms with Crippen molar-refractivity contribution in [1.29, 1.82) is 0 Å². The van der Waals surface area contributed by atoms with Crippen molar-refractivity contribution in [1.82, 2.24) is 0 Å². The van der Waals surface area contributed by atoms with Crippen LogP contribution >= 0.6 is 0 Å². The summed E-state index contributed by atoms with van der Waals surface area (Å²) < 4.78 is 76.2. The predicted molar refractivity (Wildman–Crippen MR) is 55.3 cm³/mol. The van der Waals surface area contributed by atoms with Gasteiger partial charge in [0.1, 0.15) is 5.75 Å². The monoisotopic (exact) mass is 287 g/mol. The fourth-order valence-corrected chi connectivity index (χ4v) is 1.48. The topological polar surface area (TPSA) is 35.2 Å². The van der Waals surface area contributed by atoms with Gasteiger partial charge < -0.3 is 10.5 Å². The Hall–Kier alpha value is -1.44. The van der Waals surface area contributed by atoms with Crippen LogP contribution in [0.5, 0.6) is 5.75 Å². The summed E-state index contributed by atoms with van der Waals surface area (Å²) in [5, 5.41) is 0. The van der Waals surface area contributed by atoms with Gasteiger partial charge in [-0.05, 0) is 12.5 Å². The van der Waals surface area contributed by atoms with E-state index in [1.54, 1.807) is 0 Å². The van der Waals surface area contributed by atoms with E-state index in [1.165, 1.54) is 18.2 Å². The fraction of sp³-hybridized carbons (Fsp3) is 0.455. The first-order chi connectivity index (χ1) is 8.58. The average molecular weight is 287 g/mol. The Morgan fingerprint density at radius 2 is 1.63 bits per heavy atom. The van der Waals surface area contributed by atoms with Crippen molar-refractivity contribution in [3.05, 3.63) is 29.8 Å². The molecule has 2 N–H and O–H groups in total. The molecule has 0 radical (unpaired) electrons. The number of halogens is 6. The second-order valence-corrected chi connectivity index (χ2v) is 3.85. The molecule has 0 amide bonds. The Balaban J connectivity index is 2.82. The van der Waals surface area contributed by atoms with Gasteiger partial charge in [0.25, 0.3) is 0 Å². The Morgan fingerprint density at radius 1 is 1.05 bits per heavy atom. The number of ether oxygens (including phenoxy) is 1. The molecule has 0 aliphatic heterocycles. The van der Waals surface area contributed by atoms with Crippen LogP contribution in [0.2, 0.25) is 0 Å². The molecule has 8 heteroatoms. The lowest BCUT2D eigenvalue weighted by Gasteiger charge is -2.18. The van der Waals surface area contributed by atoms with E-state index >= 15 is 0 Å². The molecular formula is C11H11F6NO. The first-order valence-corrected chi connectivity index (χ1v) is 5.25. The smallest absolute Gasteiger partial charge is 0.405 e. The van der Waals surface area contributed by atoms with Crippen LogP contribution in [0.15, 0.2) is 24.3 Å². The molecule has 1 rings (SSSR count). The van der Waals surface area contributed by atoms with Gasteiger partial charge in [0.2, 0.25) is 0 Å². The van der Waals surface area contributed by atoms with E-state index in [2.05, 4.69) is 4.74 Å². The molecule has 0 aliphatic carbocycles. The van der Waals surface area contributed by atoms with Crippen molar-refractivity contribution in [2.45, 2.75) is 31.4 Å². The zero-order valence-corrected chi connectivity index (χ0v) is 9.55. The summed E-state index contributed by atoms with van der Waals surface area (Å²) in [4.78, 5) is 0. The highest BCUT2D eigenvalue weighted by atomic mass is 19.4. The lowest BCUT2D eigenvalue weighted by molar-refractivity contribution is -0.275. The summed E-state index contributed by atoms with van der Waals surface area (Å²) in [6, 6.07) is 3.70. The molecule has 0 spiro atoms. The van der Waals surface area contributed by atoms with Crippen LogP contribution in [0.3, 0.4) is 0 Å². The van der Waals surface area contributed by atoms with Crippen molar-refractivity contribution in [3.63, 3.8) is 0 Å². The Labute approximate surface area is 105 Å². The number of alkyl halides is 6. The summed E-state index contributed by atoms with van der Waals surface area (Å²) in [6.45, 7) is 0. The zero-order valence-electron chi connectivity index (χ0n) is 9.55. The molecule has 0 heterocycles. The van der Waals surface area contributed by atoms with Gasteiger partial charge in [-0.1, -0.05) is 18.2 Å². The maximum Gasteiger partial charge on any atom is 0.573 e. The molecule has 1 atom stereocenters. The number of para-hydroxylation sites is 1. The minimum atomic E-state index is -4.92. The zero-order chi connectivity index (χ0) is 14.7. The molecule has 0 unspecified atom stereocenters. The average Bonchev–Trinajstić information content (AvgIpc) is 2.23. The number of hydrogen-bond donors (Lipinski definition) is 1. The van der Waals surface area contributed by atoms with Gasteiger partial charge in [-0.2, -0.15) is 13.2 Å². The lowest BCUT2D eigenvalue weighted by atomic mass is 10.0. The van der Waals surface area contributed by atoms with Gasteiger partial charge in [0, 0.05) is 18.0 Å². The van der Waals surface area contributed by atoms with Crippen LogP contribution in [0, 0.1) is 0 Å². The number of rotatable bonds is 4. The molecule has 19 heavy (non-hydrogen) atoms. The van der Waals surface area contributed by atoms with E-state index in [0.717, 1.165) is 6.07 Å². The van der Waals surface area contributed by atoms with Crippen LogP contribution in [0.1, 0.15) is 24.4 Å². The molecule has 0 aliphatic rings. The molecule has 108 valence electrons. The van der Waals surface area contributed by atoms with Gasteiger partial charge in [-0.3, -0.25) is 0 Å². The lowest BCUT2D eigenvalue weighted by Crippen LogP contribution is -2.21. The van der Waals surface area contributed by atoms with Gasteiger partial charge in [-0.25, -0.2) is 0 Å². The molecule has 1 aromatic rings. The van der Waals surface area contributed by atoms with E-state index in [1.807, 2.05) is 0 Å². The maximum atomic E-state index is 12.1. The number of nitrogens with two attached hydrogens (primary N) is 1. The third-order valence-corrected chi connectivity index (χ3v) is 2.28. The van der Waals surface area contributed by atoms with E-state index in [-0.39, 0.29) is 5.56 Å². The SMILES string of the molecule is N[C@H](CCC(F)(F)F)c1ccccc1OC(F)(F)F. The molecular weight excluding hydrogens is 276 g/mol. The molecule has 0 aromatic heterocycles. The van der Waals surface area contributed by atoms with Crippen LogP contribution in [0.4, 0.5) is 26.3 Å². The Morgan fingerprint density at radius 3 is 2.16 bits per heavy atom. The first-order valence-electron chi connectivity index (χ1n) is 5.25. The van der Waals surface area contributed by atoms with Crippen molar-refractivity contribution in [2.24, 2.45) is 5.73 Å². The van der Waals surface area contributed by atoms with E-state index in [4.69, 9.17) is 5.73 Å². The Kier molecular flexibility index (Phi) is 4.67.